The van der Waals surface area contributed by atoms with E-state index >= 15 is 0 Å². The van der Waals surface area contributed by atoms with Gasteiger partial charge < -0.3 is 10.2 Å². The first-order valence-electron chi connectivity index (χ1n) is 8.83. The monoisotopic (exact) mass is 364 g/mol. The smallest absolute Gasteiger partial charge is 0.303 e. The highest BCUT2D eigenvalue weighted by Gasteiger charge is 2.39. The molecule has 0 bridgehead atoms. The molecule has 5 heteroatoms. The van der Waals surface area contributed by atoms with Crippen LogP contribution in [0.3, 0.4) is 0 Å². The molecule has 1 aromatic rings. The van der Waals surface area contributed by atoms with Gasteiger partial charge in [0.25, 0.3) is 0 Å². The summed E-state index contributed by atoms with van der Waals surface area (Å²) in [5.41, 5.74) is 0.950. The fraction of sp³-hybridized carbons (Fsp3) is 0.500. The number of carboxylic acids is 1. The third-order valence-corrected chi connectivity index (χ3v) is 4.98. The zero-order valence-corrected chi connectivity index (χ0v) is 15.0. The summed E-state index contributed by atoms with van der Waals surface area (Å²) in [6.45, 7) is 0. The lowest BCUT2D eigenvalue weighted by atomic mass is 9.88. The molecular formula is C20H25ClO4. The molecule has 136 valence electrons. The summed E-state index contributed by atoms with van der Waals surface area (Å²) in [5, 5.41) is 19.5. The Morgan fingerprint density at radius 2 is 2.00 bits per heavy atom. The molecule has 3 atom stereocenters. The second-order valence-corrected chi connectivity index (χ2v) is 7.12. The molecule has 2 rings (SSSR count). The Morgan fingerprint density at radius 1 is 1.24 bits per heavy atom. The number of hydrogen-bond donors (Lipinski definition) is 2. The lowest BCUT2D eigenvalue weighted by Gasteiger charge is -2.17. The molecule has 0 aromatic heterocycles. The SMILES string of the molecule is O=C(O)CCCCCCC1C(=O)CC(O)C1/C=C/c1cccc(Cl)c1. The molecule has 25 heavy (non-hydrogen) atoms. The molecule has 0 radical (unpaired) electrons. The number of hydrogen-bond acceptors (Lipinski definition) is 3. The van der Waals surface area contributed by atoms with Crippen molar-refractivity contribution in [2.75, 3.05) is 0 Å². The van der Waals surface area contributed by atoms with Crippen LogP contribution < -0.4 is 0 Å². The largest absolute Gasteiger partial charge is 0.481 e. The van der Waals surface area contributed by atoms with Crippen LogP contribution in [0.1, 0.15) is 50.5 Å². The highest BCUT2D eigenvalue weighted by Crippen LogP contribution is 2.34. The first kappa shape index (κ1) is 19.7. The van der Waals surface area contributed by atoms with Gasteiger partial charge in [-0.2, -0.15) is 0 Å². The molecule has 2 N–H and O–H groups in total. The number of unbranched alkanes of at least 4 members (excludes halogenated alkanes) is 3. The number of carbonyl (C=O) groups is 2. The van der Waals surface area contributed by atoms with Crippen molar-refractivity contribution in [1.29, 1.82) is 0 Å². The number of aliphatic hydroxyl groups excluding tert-OH is 1. The first-order valence-corrected chi connectivity index (χ1v) is 9.21. The van der Waals surface area contributed by atoms with Gasteiger partial charge >= 0.3 is 5.97 Å². The Morgan fingerprint density at radius 3 is 2.72 bits per heavy atom. The summed E-state index contributed by atoms with van der Waals surface area (Å²) >= 11 is 5.98. The number of aliphatic hydroxyl groups is 1. The zero-order chi connectivity index (χ0) is 18.2. The van der Waals surface area contributed by atoms with Crippen LogP contribution in [0.5, 0.6) is 0 Å². The van der Waals surface area contributed by atoms with Gasteiger partial charge in [0.15, 0.2) is 0 Å². The summed E-state index contributed by atoms with van der Waals surface area (Å²) in [5.74, 6) is -0.950. The molecule has 3 unspecified atom stereocenters. The number of carboxylic acid groups (broad SMARTS) is 1. The summed E-state index contributed by atoms with van der Waals surface area (Å²) in [6.07, 6.45) is 7.71. The van der Waals surface area contributed by atoms with Gasteiger partial charge in [-0.3, -0.25) is 9.59 Å². The van der Waals surface area contributed by atoms with E-state index in [1.165, 1.54) is 0 Å². The number of ketones is 1. The fourth-order valence-corrected chi connectivity index (χ4v) is 3.62. The number of Topliss-reactive ketones (excluding diaryl/α,β-unsaturated/α-hetero) is 1. The van der Waals surface area contributed by atoms with Crippen molar-refractivity contribution in [1.82, 2.24) is 0 Å². The minimum Gasteiger partial charge on any atom is -0.481 e. The highest BCUT2D eigenvalue weighted by atomic mass is 35.5. The van der Waals surface area contributed by atoms with E-state index < -0.39 is 12.1 Å². The zero-order valence-electron chi connectivity index (χ0n) is 14.2. The average Bonchev–Trinajstić information content (AvgIpc) is 2.82. The van der Waals surface area contributed by atoms with E-state index in [2.05, 4.69) is 0 Å². The van der Waals surface area contributed by atoms with Crippen LogP contribution in [0.2, 0.25) is 5.02 Å². The van der Waals surface area contributed by atoms with E-state index in [-0.39, 0.29) is 30.5 Å². The molecule has 0 spiro atoms. The van der Waals surface area contributed by atoms with Gasteiger partial charge in [0.05, 0.1) is 6.10 Å². The van der Waals surface area contributed by atoms with Gasteiger partial charge in [-0.05, 0) is 30.5 Å². The second-order valence-electron chi connectivity index (χ2n) is 6.68. The van der Waals surface area contributed by atoms with Crippen molar-refractivity contribution < 1.29 is 19.8 Å². The molecule has 0 aliphatic heterocycles. The predicted octanol–water partition coefficient (Wildman–Crippen LogP) is 4.34. The van der Waals surface area contributed by atoms with E-state index in [0.29, 0.717) is 11.4 Å². The molecular weight excluding hydrogens is 340 g/mol. The molecule has 1 aliphatic carbocycles. The van der Waals surface area contributed by atoms with Gasteiger partial charge in [0.2, 0.25) is 0 Å². The maximum absolute atomic E-state index is 12.2. The quantitative estimate of drug-likeness (QED) is 0.639. The molecule has 1 saturated carbocycles. The normalized spacial score (nSPS) is 23.4. The Hall–Kier alpha value is -1.65. The van der Waals surface area contributed by atoms with Crippen LogP contribution in [0.25, 0.3) is 6.08 Å². The van der Waals surface area contributed by atoms with Crippen molar-refractivity contribution >= 4 is 29.4 Å². The topological polar surface area (TPSA) is 74.6 Å². The molecule has 0 saturated heterocycles. The molecule has 1 aromatic carbocycles. The standard InChI is InChI=1S/C20H25ClO4/c21-15-7-5-6-14(12-15)10-11-17-16(18(22)13-19(17)23)8-3-1-2-4-9-20(24)25/h5-7,10-12,16-17,19,23H,1-4,8-9,13H2,(H,24,25)/b11-10+. The van der Waals surface area contributed by atoms with Gasteiger partial charge in [-0.1, -0.05) is 55.1 Å². The third kappa shape index (κ3) is 6.29. The van der Waals surface area contributed by atoms with Crippen molar-refractivity contribution in [2.24, 2.45) is 11.8 Å². The van der Waals surface area contributed by atoms with Gasteiger partial charge in [0, 0.05) is 29.7 Å². The number of rotatable bonds is 9. The minimum absolute atomic E-state index is 0.124. The van der Waals surface area contributed by atoms with Crippen LogP contribution in [-0.2, 0) is 9.59 Å². The first-order chi connectivity index (χ1) is 12.0. The Kier molecular flexibility index (Phi) is 7.66. The van der Waals surface area contributed by atoms with E-state index in [9.17, 15) is 14.7 Å². The maximum Gasteiger partial charge on any atom is 0.303 e. The lowest BCUT2D eigenvalue weighted by Crippen LogP contribution is -2.18. The molecule has 1 aliphatic rings. The summed E-state index contributed by atoms with van der Waals surface area (Å²) in [7, 11) is 0. The van der Waals surface area contributed by atoms with Gasteiger partial charge in [-0.25, -0.2) is 0 Å². The number of halogens is 1. The van der Waals surface area contributed by atoms with Crippen molar-refractivity contribution in [3.8, 4) is 0 Å². The fourth-order valence-electron chi connectivity index (χ4n) is 3.42. The molecule has 1 fully saturated rings. The molecule has 4 nitrogen and oxygen atoms in total. The maximum atomic E-state index is 12.2. The number of carbonyl (C=O) groups excluding carboxylic acids is 1. The summed E-state index contributed by atoms with van der Waals surface area (Å²) < 4.78 is 0. The van der Waals surface area contributed by atoms with E-state index in [0.717, 1.165) is 31.2 Å². The number of benzene rings is 1. The van der Waals surface area contributed by atoms with Crippen LogP contribution >= 0.6 is 11.6 Å². The van der Waals surface area contributed by atoms with Crippen molar-refractivity contribution in [3.05, 3.63) is 40.9 Å². The van der Waals surface area contributed by atoms with Crippen LogP contribution in [0.4, 0.5) is 0 Å². The van der Waals surface area contributed by atoms with Crippen molar-refractivity contribution in [3.63, 3.8) is 0 Å². The van der Waals surface area contributed by atoms with Gasteiger partial charge in [0.1, 0.15) is 5.78 Å². The van der Waals surface area contributed by atoms with E-state index in [1.54, 1.807) is 6.07 Å². The Bertz CT molecular complexity index is 626. The Balaban J connectivity index is 1.87. The molecule has 0 heterocycles. The van der Waals surface area contributed by atoms with Crippen molar-refractivity contribution in [2.45, 2.75) is 51.0 Å². The highest BCUT2D eigenvalue weighted by molar-refractivity contribution is 6.30. The van der Waals surface area contributed by atoms with Crippen LogP contribution in [-0.4, -0.2) is 28.1 Å². The van der Waals surface area contributed by atoms with Crippen LogP contribution in [0.15, 0.2) is 30.3 Å². The van der Waals surface area contributed by atoms with E-state index in [1.807, 2.05) is 30.4 Å². The van der Waals surface area contributed by atoms with E-state index in [4.69, 9.17) is 16.7 Å². The second kappa shape index (κ2) is 9.73. The third-order valence-electron chi connectivity index (χ3n) is 4.75. The van der Waals surface area contributed by atoms with Gasteiger partial charge in [-0.15, -0.1) is 0 Å². The number of aliphatic carboxylic acids is 1. The predicted molar refractivity (Wildman–Crippen MR) is 98.4 cm³/mol. The van der Waals surface area contributed by atoms with Crippen LogP contribution in [0, 0.1) is 11.8 Å². The summed E-state index contributed by atoms with van der Waals surface area (Å²) in [6, 6.07) is 7.45. The Labute approximate surface area is 153 Å². The summed E-state index contributed by atoms with van der Waals surface area (Å²) in [4.78, 5) is 22.7. The molecule has 0 amide bonds. The lowest BCUT2D eigenvalue weighted by molar-refractivity contribution is -0.137. The average molecular weight is 365 g/mol. The minimum atomic E-state index is -0.764.